The van der Waals surface area contributed by atoms with Crippen molar-refractivity contribution in [2.45, 2.75) is 12.6 Å². The lowest BCUT2D eigenvalue weighted by atomic mass is 10.1. The molecule has 1 atom stereocenters. The molecule has 0 aliphatic heterocycles. The number of hydrogen-bond donors (Lipinski definition) is 3. The quantitative estimate of drug-likeness (QED) is 0.777. The minimum Gasteiger partial charge on any atom is -0.387 e. The number of aliphatic hydroxyl groups excluding tert-OH is 1. The molecule has 1 unspecified atom stereocenters. The van der Waals surface area contributed by atoms with Crippen LogP contribution in [0.5, 0.6) is 0 Å². The van der Waals surface area contributed by atoms with Crippen molar-refractivity contribution in [1.82, 2.24) is 10.6 Å². The SMILES string of the molecule is N#Cc1ccc(CNC(=O)NCC(O)c2ccc(Cl)c(F)c2)cc1. The molecule has 0 heterocycles. The van der Waals surface area contributed by atoms with Gasteiger partial charge in [0.25, 0.3) is 0 Å². The number of carbonyl (C=O) groups excluding carboxylic acids is 1. The first kappa shape index (κ1) is 17.7. The van der Waals surface area contributed by atoms with Crippen molar-refractivity contribution in [3.8, 4) is 6.07 Å². The van der Waals surface area contributed by atoms with E-state index in [0.29, 0.717) is 11.1 Å². The summed E-state index contributed by atoms with van der Waals surface area (Å²) in [7, 11) is 0. The fourth-order valence-electron chi connectivity index (χ4n) is 1.97. The Labute approximate surface area is 143 Å². The highest BCUT2D eigenvalue weighted by Crippen LogP contribution is 2.19. The van der Waals surface area contributed by atoms with Crippen molar-refractivity contribution in [3.63, 3.8) is 0 Å². The zero-order chi connectivity index (χ0) is 17.5. The molecular weight excluding hydrogens is 333 g/mol. The number of halogens is 2. The van der Waals surface area contributed by atoms with Crippen LogP contribution in [-0.2, 0) is 6.54 Å². The summed E-state index contributed by atoms with van der Waals surface area (Å²) in [6, 6.07) is 12.3. The normalized spacial score (nSPS) is 11.4. The first-order chi connectivity index (χ1) is 11.5. The Morgan fingerprint density at radius 1 is 1.25 bits per heavy atom. The summed E-state index contributed by atoms with van der Waals surface area (Å²) in [5, 5.41) is 23.8. The summed E-state index contributed by atoms with van der Waals surface area (Å²) >= 11 is 5.58. The van der Waals surface area contributed by atoms with E-state index < -0.39 is 18.0 Å². The number of urea groups is 1. The van der Waals surface area contributed by atoms with Crippen molar-refractivity contribution in [2.75, 3.05) is 6.54 Å². The molecule has 0 fully saturated rings. The predicted octanol–water partition coefficient (Wildman–Crippen LogP) is 2.88. The number of aliphatic hydroxyl groups is 1. The lowest BCUT2D eigenvalue weighted by molar-refractivity contribution is 0.172. The smallest absolute Gasteiger partial charge is 0.315 e. The molecule has 2 amide bonds. The lowest BCUT2D eigenvalue weighted by Crippen LogP contribution is -2.37. The Bertz CT molecular complexity index is 759. The minimum absolute atomic E-state index is 0.0286. The Balaban J connectivity index is 1.79. The molecule has 7 heteroatoms. The molecule has 3 N–H and O–H groups in total. The second kappa shape index (κ2) is 8.29. The van der Waals surface area contributed by atoms with Gasteiger partial charge in [-0.2, -0.15) is 5.26 Å². The van der Waals surface area contributed by atoms with E-state index in [1.807, 2.05) is 6.07 Å². The third kappa shape index (κ3) is 4.95. The van der Waals surface area contributed by atoms with Crippen LogP contribution >= 0.6 is 11.6 Å². The van der Waals surface area contributed by atoms with Gasteiger partial charge in [-0.15, -0.1) is 0 Å². The molecule has 2 aromatic carbocycles. The van der Waals surface area contributed by atoms with E-state index in [0.717, 1.165) is 11.6 Å². The summed E-state index contributed by atoms with van der Waals surface area (Å²) in [5.74, 6) is -0.626. The third-order valence-electron chi connectivity index (χ3n) is 3.32. The average molecular weight is 348 g/mol. The van der Waals surface area contributed by atoms with Crippen LogP contribution in [0.3, 0.4) is 0 Å². The second-order valence-corrected chi connectivity index (χ2v) is 5.47. The van der Waals surface area contributed by atoms with Crippen molar-refractivity contribution in [1.29, 1.82) is 5.26 Å². The van der Waals surface area contributed by atoms with Gasteiger partial charge in [-0.05, 0) is 35.4 Å². The van der Waals surface area contributed by atoms with Gasteiger partial charge in [0.05, 0.1) is 22.8 Å². The second-order valence-electron chi connectivity index (χ2n) is 5.06. The lowest BCUT2D eigenvalue weighted by Gasteiger charge is -2.13. The predicted molar refractivity (Wildman–Crippen MR) is 87.8 cm³/mol. The molecule has 0 bridgehead atoms. The standard InChI is InChI=1S/C17H15ClFN3O2/c18-14-6-5-13(7-15(14)19)16(23)10-22-17(24)21-9-12-3-1-11(8-20)2-4-12/h1-7,16,23H,9-10H2,(H2,21,22,24). The summed E-state index contributed by atoms with van der Waals surface area (Å²) < 4.78 is 13.3. The minimum atomic E-state index is -1.04. The number of hydrogen-bond acceptors (Lipinski definition) is 3. The fourth-order valence-corrected chi connectivity index (χ4v) is 2.09. The molecule has 0 aliphatic rings. The van der Waals surface area contributed by atoms with E-state index in [9.17, 15) is 14.3 Å². The molecule has 2 rings (SSSR count). The van der Waals surface area contributed by atoms with Crippen LogP contribution in [0.25, 0.3) is 0 Å². The van der Waals surface area contributed by atoms with Crippen LogP contribution in [0, 0.1) is 17.1 Å². The molecule has 0 saturated heterocycles. The van der Waals surface area contributed by atoms with Crippen molar-refractivity contribution >= 4 is 17.6 Å². The average Bonchev–Trinajstić information content (AvgIpc) is 2.60. The molecule has 2 aromatic rings. The van der Waals surface area contributed by atoms with E-state index in [1.165, 1.54) is 12.1 Å². The summed E-state index contributed by atoms with van der Waals surface area (Å²) in [6.07, 6.45) is -1.04. The van der Waals surface area contributed by atoms with E-state index in [2.05, 4.69) is 10.6 Å². The number of nitriles is 1. The van der Waals surface area contributed by atoms with Gasteiger partial charge >= 0.3 is 6.03 Å². The summed E-state index contributed by atoms with van der Waals surface area (Å²) in [6.45, 7) is 0.212. The highest BCUT2D eigenvalue weighted by molar-refractivity contribution is 6.30. The van der Waals surface area contributed by atoms with Gasteiger partial charge < -0.3 is 15.7 Å². The van der Waals surface area contributed by atoms with Gasteiger partial charge in [0.2, 0.25) is 0 Å². The highest BCUT2D eigenvalue weighted by Gasteiger charge is 2.11. The first-order valence-corrected chi connectivity index (χ1v) is 7.51. The monoisotopic (exact) mass is 347 g/mol. The Morgan fingerprint density at radius 2 is 1.96 bits per heavy atom. The van der Waals surface area contributed by atoms with Crippen LogP contribution in [0.1, 0.15) is 22.8 Å². The maximum absolute atomic E-state index is 13.3. The topological polar surface area (TPSA) is 85.2 Å². The number of carbonyl (C=O) groups is 1. The Hall–Kier alpha value is -2.62. The third-order valence-corrected chi connectivity index (χ3v) is 3.63. The molecular formula is C17H15ClFN3O2. The van der Waals surface area contributed by atoms with Crippen molar-refractivity contribution in [3.05, 3.63) is 70.0 Å². The Morgan fingerprint density at radius 3 is 2.58 bits per heavy atom. The molecule has 24 heavy (non-hydrogen) atoms. The highest BCUT2D eigenvalue weighted by atomic mass is 35.5. The van der Waals surface area contributed by atoms with Crippen LogP contribution in [0.15, 0.2) is 42.5 Å². The summed E-state index contributed by atoms with van der Waals surface area (Å²) in [4.78, 5) is 11.7. The van der Waals surface area contributed by atoms with Crippen molar-refractivity contribution in [2.24, 2.45) is 0 Å². The number of nitrogens with one attached hydrogen (secondary N) is 2. The summed E-state index contributed by atoms with van der Waals surface area (Å²) in [5.41, 5.74) is 1.70. The van der Waals surface area contributed by atoms with Crippen molar-refractivity contribution < 1.29 is 14.3 Å². The molecule has 0 aromatic heterocycles. The van der Waals surface area contributed by atoms with Crippen LogP contribution in [-0.4, -0.2) is 17.7 Å². The Kier molecular flexibility index (Phi) is 6.13. The number of nitrogens with zero attached hydrogens (tertiary/aromatic N) is 1. The van der Waals surface area contributed by atoms with Gasteiger partial charge in [-0.3, -0.25) is 0 Å². The molecule has 0 radical (unpaired) electrons. The van der Waals surface area contributed by atoms with E-state index >= 15 is 0 Å². The number of amides is 2. The van der Waals surface area contributed by atoms with Crippen LogP contribution in [0.2, 0.25) is 5.02 Å². The van der Waals surface area contributed by atoms with Crippen LogP contribution in [0.4, 0.5) is 9.18 Å². The zero-order valence-electron chi connectivity index (χ0n) is 12.6. The molecule has 0 saturated carbocycles. The molecule has 0 aliphatic carbocycles. The molecule has 5 nitrogen and oxygen atoms in total. The van der Waals surface area contributed by atoms with Crippen LogP contribution < -0.4 is 10.6 Å². The molecule has 124 valence electrons. The maximum Gasteiger partial charge on any atom is 0.315 e. The first-order valence-electron chi connectivity index (χ1n) is 7.13. The van der Waals surface area contributed by atoms with E-state index in [4.69, 9.17) is 16.9 Å². The van der Waals surface area contributed by atoms with E-state index in [1.54, 1.807) is 24.3 Å². The van der Waals surface area contributed by atoms with Gasteiger partial charge in [0, 0.05) is 13.1 Å². The van der Waals surface area contributed by atoms with Gasteiger partial charge in [-0.25, -0.2) is 9.18 Å². The maximum atomic E-state index is 13.3. The number of rotatable bonds is 5. The molecule has 0 spiro atoms. The number of benzene rings is 2. The van der Waals surface area contributed by atoms with Gasteiger partial charge in [0.15, 0.2) is 0 Å². The largest absolute Gasteiger partial charge is 0.387 e. The van der Waals surface area contributed by atoms with E-state index in [-0.39, 0.29) is 18.1 Å². The van der Waals surface area contributed by atoms with Gasteiger partial charge in [-0.1, -0.05) is 29.8 Å². The zero-order valence-corrected chi connectivity index (χ0v) is 13.3. The fraction of sp³-hybridized carbons (Fsp3) is 0.176. The van der Waals surface area contributed by atoms with Gasteiger partial charge in [0.1, 0.15) is 5.82 Å².